The summed E-state index contributed by atoms with van der Waals surface area (Å²) in [4.78, 5) is 37.0. The Balaban J connectivity index is 1.58. The summed E-state index contributed by atoms with van der Waals surface area (Å²) in [5.74, 6) is 0.305. The molecule has 4 aromatic rings. The van der Waals surface area contributed by atoms with Crippen LogP contribution in [0.3, 0.4) is 0 Å². The summed E-state index contributed by atoms with van der Waals surface area (Å²) in [7, 11) is 1.75. The first-order valence-electron chi connectivity index (χ1n) is 12.4. The number of urea groups is 1. The van der Waals surface area contributed by atoms with Gasteiger partial charge in [-0.2, -0.15) is 0 Å². The number of hydrogen-bond acceptors (Lipinski definition) is 6. The van der Waals surface area contributed by atoms with E-state index in [1.807, 2.05) is 63.2 Å². The maximum atomic E-state index is 12.9. The lowest BCUT2D eigenvalue weighted by Gasteiger charge is -2.23. The number of benzene rings is 1. The van der Waals surface area contributed by atoms with E-state index in [4.69, 9.17) is 0 Å². The zero-order chi connectivity index (χ0) is 27.7. The van der Waals surface area contributed by atoms with Gasteiger partial charge in [-0.3, -0.25) is 20.4 Å². The molecule has 10 heteroatoms. The molecule has 0 aliphatic carbocycles. The minimum Gasteiger partial charge on any atom is -0.389 e. The van der Waals surface area contributed by atoms with Crippen LogP contribution in [-0.4, -0.2) is 44.2 Å². The van der Waals surface area contributed by atoms with Gasteiger partial charge in [0.05, 0.1) is 28.2 Å². The lowest BCUT2D eigenvalue weighted by atomic mass is 9.91. The van der Waals surface area contributed by atoms with E-state index >= 15 is 0 Å². The fourth-order valence-corrected chi connectivity index (χ4v) is 4.91. The first kappa shape index (κ1) is 27.3. The standard InChI is InChI=1S/C28H34N6O3S/c1-27(2,3)16-24(35)33(6)19-7-8-21-20(15-19)30-25(34(21)17-28(4,5)37)32-26(36)31-23-10-9-22(38-23)18-11-13-29-14-12-18/h7-15,37H,16-17H2,1-6H3,(H2,30,31,32,36). The Bertz CT molecular complexity index is 1450. The number of pyridine rings is 1. The van der Waals surface area contributed by atoms with Crippen molar-refractivity contribution < 1.29 is 14.7 Å². The molecule has 0 fully saturated rings. The maximum Gasteiger partial charge on any atom is 0.326 e. The number of carbonyl (C=O) groups is 2. The molecule has 0 spiro atoms. The van der Waals surface area contributed by atoms with Crippen LogP contribution < -0.4 is 15.5 Å². The van der Waals surface area contributed by atoms with Gasteiger partial charge in [-0.15, -0.1) is 11.3 Å². The predicted octanol–water partition coefficient (Wildman–Crippen LogP) is 5.97. The van der Waals surface area contributed by atoms with Crippen LogP contribution in [0.1, 0.15) is 41.0 Å². The van der Waals surface area contributed by atoms with Crippen LogP contribution in [0.2, 0.25) is 0 Å². The van der Waals surface area contributed by atoms with E-state index in [2.05, 4.69) is 20.6 Å². The number of imidazole rings is 1. The molecule has 0 radical (unpaired) electrons. The van der Waals surface area contributed by atoms with Crippen molar-refractivity contribution in [3.63, 3.8) is 0 Å². The summed E-state index contributed by atoms with van der Waals surface area (Å²) in [6, 6.07) is 12.7. The van der Waals surface area contributed by atoms with E-state index in [1.165, 1.54) is 11.3 Å². The number of hydrogen-bond donors (Lipinski definition) is 3. The SMILES string of the molecule is CN(C(=O)CC(C)(C)C)c1ccc2c(c1)nc(NC(=O)Nc1ccc(-c3ccncc3)s1)n2CC(C)(C)O. The molecule has 3 amide bonds. The Morgan fingerprint density at radius 3 is 2.39 bits per heavy atom. The zero-order valence-corrected chi connectivity index (χ0v) is 23.4. The summed E-state index contributed by atoms with van der Waals surface area (Å²) in [6.45, 7) is 9.69. The summed E-state index contributed by atoms with van der Waals surface area (Å²) >= 11 is 1.45. The molecule has 0 unspecified atom stereocenters. The third-order valence-corrected chi connectivity index (χ3v) is 6.80. The molecular formula is C28H34N6O3S. The lowest BCUT2D eigenvalue weighted by Crippen LogP contribution is -2.29. The molecule has 0 saturated heterocycles. The Morgan fingerprint density at radius 2 is 1.74 bits per heavy atom. The van der Waals surface area contributed by atoms with Crippen molar-refractivity contribution in [1.29, 1.82) is 0 Å². The van der Waals surface area contributed by atoms with Crippen molar-refractivity contribution in [1.82, 2.24) is 14.5 Å². The summed E-state index contributed by atoms with van der Waals surface area (Å²) < 4.78 is 1.77. The van der Waals surface area contributed by atoms with Crippen LogP contribution in [-0.2, 0) is 11.3 Å². The lowest BCUT2D eigenvalue weighted by molar-refractivity contribution is -0.120. The van der Waals surface area contributed by atoms with E-state index < -0.39 is 11.6 Å². The van der Waals surface area contributed by atoms with Gasteiger partial charge < -0.3 is 14.6 Å². The van der Waals surface area contributed by atoms with E-state index in [0.29, 0.717) is 28.6 Å². The Kier molecular flexibility index (Phi) is 7.57. The molecule has 38 heavy (non-hydrogen) atoms. The topological polar surface area (TPSA) is 112 Å². The smallest absolute Gasteiger partial charge is 0.326 e. The van der Waals surface area contributed by atoms with E-state index in [1.54, 1.807) is 42.8 Å². The van der Waals surface area contributed by atoms with Crippen LogP contribution in [0.15, 0.2) is 54.9 Å². The van der Waals surface area contributed by atoms with Crippen LogP contribution in [0.5, 0.6) is 0 Å². The highest BCUT2D eigenvalue weighted by Crippen LogP contribution is 2.32. The minimum absolute atomic E-state index is 0.00702. The zero-order valence-electron chi connectivity index (χ0n) is 22.6. The Hall–Kier alpha value is -3.76. The number of thiophene rings is 1. The Morgan fingerprint density at radius 1 is 1.03 bits per heavy atom. The van der Waals surface area contributed by atoms with Crippen LogP contribution >= 0.6 is 11.3 Å². The Labute approximate surface area is 226 Å². The average molecular weight is 535 g/mol. The molecule has 4 rings (SSSR count). The second-order valence-corrected chi connectivity index (χ2v) is 12.3. The van der Waals surface area contributed by atoms with Crippen molar-refractivity contribution in [2.45, 2.75) is 53.2 Å². The van der Waals surface area contributed by atoms with Crippen LogP contribution in [0.4, 0.5) is 21.4 Å². The fraction of sp³-hybridized carbons (Fsp3) is 0.357. The van der Waals surface area contributed by atoms with Crippen molar-refractivity contribution in [2.24, 2.45) is 5.41 Å². The van der Waals surface area contributed by atoms with Gasteiger partial charge in [0.1, 0.15) is 0 Å². The number of nitrogens with zero attached hydrogens (tertiary/aromatic N) is 4. The molecule has 3 heterocycles. The van der Waals surface area contributed by atoms with Gasteiger partial charge in [0, 0.05) is 36.4 Å². The second-order valence-electron chi connectivity index (χ2n) is 11.2. The first-order valence-corrected chi connectivity index (χ1v) is 13.2. The third kappa shape index (κ3) is 6.76. The number of aromatic nitrogens is 3. The predicted molar refractivity (Wildman–Crippen MR) is 154 cm³/mol. The van der Waals surface area contributed by atoms with Crippen molar-refractivity contribution >= 4 is 50.9 Å². The normalized spacial score (nSPS) is 12.0. The maximum absolute atomic E-state index is 12.9. The van der Waals surface area contributed by atoms with Gasteiger partial charge in [-0.25, -0.2) is 9.78 Å². The van der Waals surface area contributed by atoms with Gasteiger partial charge in [0.25, 0.3) is 0 Å². The molecule has 0 bridgehead atoms. The average Bonchev–Trinajstić information content (AvgIpc) is 3.41. The van der Waals surface area contributed by atoms with Gasteiger partial charge in [0.15, 0.2) is 0 Å². The van der Waals surface area contributed by atoms with Crippen molar-refractivity contribution in [3.8, 4) is 10.4 Å². The number of amides is 3. The van der Waals surface area contributed by atoms with E-state index in [9.17, 15) is 14.7 Å². The molecule has 1 aromatic carbocycles. The summed E-state index contributed by atoms with van der Waals surface area (Å²) in [5, 5.41) is 16.9. The first-order chi connectivity index (χ1) is 17.8. The van der Waals surface area contributed by atoms with Gasteiger partial charge in [-0.1, -0.05) is 20.8 Å². The number of rotatable bonds is 7. The summed E-state index contributed by atoms with van der Waals surface area (Å²) in [6.07, 6.45) is 3.87. The molecular weight excluding hydrogens is 500 g/mol. The second kappa shape index (κ2) is 10.5. The number of carbonyl (C=O) groups excluding carboxylic acids is 2. The number of nitrogens with one attached hydrogen (secondary N) is 2. The molecule has 3 aromatic heterocycles. The molecule has 0 saturated carbocycles. The van der Waals surface area contributed by atoms with Gasteiger partial charge in [0.2, 0.25) is 11.9 Å². The number of aliphatic hydroxyl groups is 1. The molecule has 9 nitrogen and oxygen atoms in total. The quantitative estimate of drug-likeness (QED) is 0.270. The highest BCUT2D eigenvalue weighted by Gasteiger charge is 2.23. The third-order valence-electron chi connectivity index (χ3n) is 5.75. The minimum atomic E-state index is -1.05. The van der Waals surface area contributed by atoms with Gasteiger partial charge in [-0.05, 0) is 67.3 Å². The monoisotopic (exact) mass is 534 g/mol. The molecule has 0 atom stereocenters. The molecule has 0 aliphatic heterocycles. The largest absolute Gasteiger partial charge is 0.389 e. The summed E-state index contributed by atoms with van der Waals surface area (Å²) in [5.41, 5.74) is 1.89. The number of anilines is 3. The van der Waals surface area contributed by atoms with Gasteiger partial charge >= 0.3 is 6.03 Å². The fourth-order valence-electron chi connectivity index (χ4n) is 4.01. The molecule has 0 aliphatic rings. The number of fused-ring (bicyclic) bond motifs is 1. The van der Waals surface area contributed by atoms with E-state index in [0.717, 1.165) is 16.0 Å². The highest BCUT2D eigenvalue weighted by atomic mass is 32.1. The van der Waals surface area contributed by atoms with Crippen LogP contribution in [0, 0.1) is 5.41 Å². The van der Waals surface area contributed by atoms with Crippen LogP contribution in [0.25, 0.3) is 21.5 Å². The molecule has 3 N–H and O–H groups in total. The van der Waals surface area contributed by atoms with E-state index in [-0.39, 0.29) is 17.9 Å². The highest BCUT2D eigenvalue weighted by molar-refractivity contribution is 7.19. The van der Waals surface area contributed by atoms with Crippen molar-refractivity contribution in [3.05, 3.63) is 54.9 Å². The van der Waals surface area contributed by atoms with Crippen molar-refractivity contribution in [2.75, 3.05) is 22.6 Å². The molecule has 200 valence electrons.